The molecule has 0 saturated carbocycles. The normalized spacial score (nSPS) is 19.6. The molecule has 0 spiro atoms. The van der Waals surface area contributed by atoms with Crippen molar-refractivity contribution in [1.29, 1.82) is 5.26 Å². The van der Waals surface area contributed by atoms with Gasteiger partial charge in [0.05, 0.1) is 11.3 Å². The van der Waals surface area contributed by atoms with Crippen molar-refractivity contribution in [3.05, 3.63) is 17.8 Å². The number of piperazine rings is 1. The average Bonchev–Trinajstić information content (AvgIpc) is 2.33. The van der Waals surface area contributed by atoms with Gasteiger partial charge >= 0.3 is 0 Å². The van der Waals surface area contributed by atoms with Crippen molar-refractivity contribution in [3.8, 4) is 6.07 Å². The van der Waals surface area contributed by atoms with E-state index in [-0.39, 0.29) is 5.54 Å². The number of aromatic nitrogens is 1. The van der Waals surface area contributed by atoms with Gasteiger partial charge < -0.3 is 10.6 Å². The number of rotatable bonds is 1. The van der Waals surface area contributed by atoms with Crippen molar-refractivity contribution in [2.45, 2.75) is 19.4 Å². The van der Waals surface area contributed by atoms with Gasteiger partial charge in [-0.05, 0) is 27.0 Å². The second kappa shape index (κ2) is 4.46. The van der Waals surface area contributed by atoms with Gasteiger partial charge in [-0.3, -0.25) is 4.90 Å². The van der Waals surface area contributed by atoms with Gasteiger partial charge in [-0.2, -0.15) is 5.26 Å². The summed E-state index contributed by atoms with van der Waals surface area (Å²) < 4.78 is 0. The molecule has 1 aliphatic heterocycles. The Morgan fingerprint density at radius 1 is 1.44 bits per heavy atom. The first-order valence-corrected chi connectivity index (χ1v) is 6.06. The Labute approximate surface area is 108 Å². The Morgan fingerprint density at radius 2 is 2.17 bits per heavy atom. The van der Waals surface area contributed by atoms with Gasteiger partial charge in [0.1, 0.15) is 6.07 Å². The van der Waals surface area contributed by atoms with Crippen LogP contribution in [0.25, 0.3) is 0 Å². The van der Waals surface area contributed by atoms with Crippen molar-refractivity contribution in [2.24, 2.45) is 0 Å². The smallest absolute Gasteiger partial charge is 0.153 e. The number of anilines is 2. The fraction of sp³-hybridized carbons (Fsp3) is 0.538. The number of nitrogens with two attached hydrogens (primary N) is 1. The molecule has 2 rings (SSSR count). The Hall–Kier alpha value is -1.80. The third-order valence-electron chi connectivity index (χ3n) is 3.71. The highest BCUT2D eigenvalue weighted by molar-refractivity contribution is 5.70. The molecule has 96 valence electrons. The number of nitriles is 1. The van der Waals surface area contributed by atoms with Crippen LogP contribution in [0.3, 0.4) is 0 Å². The van der Waals surface area contributed by atoms with Gasteiger partial charge in [-0.1, -0.05) is 0 Å². The van der Waals surface area contributed by atoms with Gasteiger partial charge in [0, 0.05) is 31.4 Å². The van der Waals surface area contributed by atoms with Crippen molar-refractivity contribution >= 4 is 11.5 Å². The van der Waals surface area contributed by atoms with Crippen LogP contribution >= 0.6 is 0 Å². The Kier molecular flexibility index (Phi) is 3.14. The highest BCUT2D eigenvalue weighted by atomic mass is 15.3. The maximum Gasteiger partial charge on any atom is 0.153 e. The van der Waals surface area contributed by atoms with E-state index in [0.717, 1.165) is 25.5 Å². The molecule has 0 aromatic carbocycles. The first-order chi connectivity index (χ1) is 8.45. The Morgan fingerprint density at radius 3 is 2.78 bits per heavy atom. The van der Waals surface area contributed by atoms with Gasteiger partial charge in [0.15, 0.2) is 5.82 Å². The molecule has 0 unspecified atom stereocenters. The van der Waals surface area contributed by atoms with E-state index < -0.39 is 0 Å². The average molecular weight is 245 g/mol. The highest BCUT2D eigenvalue weighted by Crippen LogP contribution is 2.28. The molecule has 2 heterocycles. The number of hydrogen-bond donors (Lipinski definition) is 1. The fourth-order valence-electron chi connectivity index (χ4n) is 2.23. The SMILES string of the molecule is CN1CCN(c2nccc(C#N)c2N)CC1(C)C. The molecule has 5 heteroatoms. The Bertz CT molecular complexity index is 489. The topological polar surface area (TPSA) is 69.2 Å². The lowest BCUT2D eigenvalue weighted by Crippen LogP contribution is -2.58. The van der Waals surface area contributed by atoms with Crippen molar-refractivity contribution in [2.75, 3.05) is 37.3 Å². The maximum atomic E-state index is 9.00. The summed E-state index contributed by atoms with van der Waals surface area (Å²) in [5, 5.41) is 9.00. The van der Waals surface area contributed by atoms with Crippen LogP contribution in [0.5, 0.6) is 0 Å². The van der Waals surface area contributed by atoms with Crippen LogP contribution in [0.1, 0.15) is 19.4 Å². The lowest BCUT2D eigenvalue weighted by atomic mass is 9.99. The summed E-state index contributed by atoms with van der Waals surface area (Å²) in [7, 11) is 2.12. The minimum absolute atomic E-state index is 0.0784. The molecule has 1 aromatic heterocycles. The maximum absolute atomic E-state index is 9.00. The largest absolute Gasteiger partial charge is 0.395 e. The molecule has 2 N–H and O–H groups in total. The molecule has 0 amide bonds. The van der Waals surface area contributed by atoms with Crippen LogP contribution in [-0.2, 0) is 0 Å². The van der Waals surface area contributed by atoms with E-state index in [4.69, 9.17) is 11.0 Å². The predicted octanol–water partition coefficient (Wildman–Crippen LogP) is 1.07. The number of pyridine rings is 1. The van der Waals surface area contributed by atoms with E-state index >= 15 is 0 Å². The minimum Gasteiger partial charge on any atom is -0.395 e. The lowest BCUT2D eigenvalue weighted by Gasteiger charge is -2.46. The van der Waals surface area contributed by atoms with Gasteiger partial charge in [-0.15, -0.1) is 0 Å². The molecule has 1 fully saturated rings. The summed E-state index contributed by atoms with van der Waals surface area (Å²) in [6.07, 6.45) is 1.65. The van der Waals surface area contributed by atoms with E-state index in [0.29, 0.717) is 11.3 Å². The molecule has 18 heavy (non-hydrogen) atoms. The molecule has 1 aromatic rings. The standard InChI is InChI=1S/C13H19N5/c1-13(2)9-18(7-6-17(13)3)12-11(15)10(8-14)4-5-16-12/h4-5H,6-7,9,15H2,1-3H3. The van der Waals surface area contributed by atoms with Gasteiger partial charge in [0.2, 0.25) is 0 Å². The molecule has 0 atom stereocenters. The lowest BCUT2D eigenvalue weighted by molar-refractivity contribution is 0.138. The summed E-state index contributed by atoms with van der Waals surface area (Å²) in [5.74, 6) is 0.732. The number of nitrogens with zero attached hydrogens (tertiary/aromatic N) is 4. The van der Waals surface area contributed by atoms with Crippen LogP contribution < -0.4 is 10.6 Å². The number of nitrogen functional groups attached to an aromatic ring is 1. The summed E-state index contributed by atoms with van der Waals surface area (Å²) in [5.41, 5.74) is 7.07. The van der Waals surface area contributed by atoms with Crippen LogP contribution in [0.15, 0.2) is 12.3 Å². The zero-order chi connectivity index (χ0) is 13.3. The summed E-state index contributed by atoms with van der Waals surface area (Å²) >= 11 is 0. The van der Waals surface area contributed by atoms with E-state index in [1.54, 1.807) is 12.3 Å². The molecule has 1 aliphatic rings. The third kappa shape index (κ3) is 2.12. The zero-order valence-electron chi connectivity index (χ0n) is 11.1. The van der Waals surface area contributed by atoms with Crippen molar-refractivity contribution in [3.63, 3.8) is 0 Å². The van der Waals surface area contributed by atoms with E-state index in [2.05, 4.69) is 41.7 Å². The molecule has 1 saturated heterocycles. The van der Waals surface area contributed by atoms with E-state index in [1.165, 1.54) is 0 Å². The zero-order valence-corrected chi connectivity index (χ0v) is 11.1. The third-order valence-corrected chi connectivity index (χ3v) is 3.71. The molecule has 0 bridgehead atoms. The number of likely N-dealkylation sites (N-methyl/N-ethyl adjacent to an activating group) is 1. The second-order valence-electron chi connectivity index (χ2n) is 5.36. The molecular weight excluding hydrogens is 226 g/mol. The highest BCUT2D eigenvalue weighted by Gasteiger charge is 2.32. The monoisotopic (exact) mass is 245 g/mol. The molecule has 5 nitrogen and oxygen atoms in total. The van der Waals surface area contributed by atoms with Gasteiger partial charge in [0.25, 0.3) is 0 Å². The summed E-state index contributed by atoms with van der Waals surface area (Å²) in [4.78, 5) is 8.82. The first-order valence-electron chi connectivity index (χ1n) is 6.06. The van der Waals surface area contributed by atoms with Crippen LogP contribution in [0.4, 0.5) is 11.5 Å². The number of hydrogen-bond acceptors (Lipinski definition) is 5. The second-order valence-corrected chi connectivity index (χ2v) is 5.36. The first kappa shape index (κ1) is 12.7. The summed E-state index contributed by atoms with van der Waals surface area (Å²) in [6.45, 7) is 7.10. The van der Waals surface area contributed by atoms with Crippen molar-refractivity contribution < 1.29 is 0 Å². The summed E-state index contributed by atoms with van der Waals surface area (Å²) in [6, 6.07) is 3.75. The van der Waals surface area contributed by atoms with E-state index in [9.17, 15) is 0 Å². The molecule has 0 radical (unpaired) electrons. The Balaban J connectivity index is 2.31. The molecule has 0 aliphatic carbocycles. The van der Waals surface area contributed by atoms with Crippen LogP contribution in [0.2, 0.25) is 0 Å². The van der Waals surface area contributed by atoms with Crippen LogP contribution in [-0.4, -0.2) is 42.1 Å². The van der Waals surface area contributed by atoms with Crippen molar-refractivity contribution in [1.82, 2.24) is 9.88 Å². The fourth-order valence-corrected chi connectivity index (χ4v) is 2.23. The predicted molar refractivity (Wildman–Crippen MR) is 72.3 cm³/mol. The van der Waals surface area contributed by atoms with Crippen LogP contribution in [0, 0.1) is 11.3 Å². The van der Waals surface area contributed by atoms with Gasteiger partial charge in [-0.25, -0.2) is 4.98 Å². The molecular formula is C13H19N5. The van der Waals surface area contributed by atoms with E-state index in [1.807, 2.05) is 0 Å². The minimum atomic E-state index is 0.0784. The quantitative estimate of drug-likeness (QED) is 0.801.